The summed E-state index contributed by atoms with van der Waals surface area (Å²) in [5.41, 5.74) is 0.808. The first-order valence-corrected chi connectivity index (χ1v) is 9.34. The van der Waals surface area contributed by atoms with Gasteiger partial charge in [-0.05, 0) is 47.4 Å². The van der Waals surface area contributed by atoms with Gasteiger partial charge < -0.3 is 24.5 Å². The van der Waals surface area contributed by atoms with Gasteiger partial charge in [0.15, 0.2) is 11.5 Å². The van der Waals surface area contributed by atoms with Crippen molar-refractivity contribution >= 4 is 29.2 Å². The van der Waals surface area contributed by atoms with Crippen LogP contribution >= 0.6 is 11.3 Å². The van der Waals surface area contributed by atoms with Crippen molar-refractivity contribution in [1.29, 1.82) is 0 Å². The molecule has 0 saturated carbocycles. The van der Waals surface area contributed by atoms with Crippen LogP contribution < -0.4 is 20.1 Å². The molecule has 142 valence electrons. The van der Waals surface area contributed by atoms with Crippen LogP contribution in [0.2, 0.25) is 0 Å². The first-order valence-electron chi connectivity index (χ1n) is 8.46. The second-order valence-electron chi connectivity index (χ2n) is 5.86. The van der Waals surface area contributed by atoms with E-state index in [4.69, 9.17) is 13.9 Å². The number of amides is 2. The van der Waals surface area contributed by atoms with E-state index >= 15 is 0 Å². The highest BCUT2D eigenvalue weighted by Gasteiger charge is 2.17. The highest BCUT2D eigenvalue weighted by Crippen LogP contribution is 2.33. The van der Waals surface area contributed by atoms with Gasteiger partial charge in [0.1, 0.15) is 11.5 Å². The molecule has 0 atom stereocenters. The summed E-state index contributed by atoms with van der Waals surface area (Å²) in [6, 6.07) is 12.3. The zero-order chi connectivity index (χ0) is 19.3. The number of benzene rings is 1. The summed E-state index contributed by atoms with van der Waals surface area (Å²) in [5.74, 6) is 1.06. The number of fused-ring (bicyclic) bond motifs is 1. The summed E-state index contributed by atoms with van der Waals surface area (Å²) >= 11 is 1.30. The van der Waals surface area contributed by atoms with Crippen LogP contribution in [0.1, 0.15) is 21.0 Å². The molecule has 0 unspecified atom stereocenters. The van der Waals surface area contributed by atoms with Crippen molar-refractivity contribution in [2.45, 2.75) is 6.54 Å². The van der Waals surface area contributed by atoms with E-state index in [-0.39, 0.29) is 24.9 Å². The topological polar surface area (TPSA) is 89.8 Å². The van der Waals surface area contributed by atoms with Gasteiger partial charge >= 0.3 is 0 Å². The maximum absolute atomic E-state index is 12.7. The number of hydrogen-bond acceptors (Lipinski definition) is 6. The molecule has 3 heterocycles. The zero-order valence-corrected chi connectivity index (χ0v) is 15.5. The van der Waals surface area contributed by atoms with E-state index in [0.29, 0.717) is 27.7 Å². The van der Waals surface area contributed by atoms with Crippen molar-refractivity contribution < 1.29 is 23.5 Å². The Balaban J connectivity index is 1.56. The smallest absolute Gasteiger partial charge is 0.268 e. The van der Waals surface area contributed by atoms with Gasteiger partial charge in [0.25, 0.3) is 11.8 Å². The molecule has 2 N–H and O–H groups in total. The van der Waals surface area contributed by atoms with Crippen LogP contribution in [0.4, 0.5) is 0 Å². The molecule has 4 rings (SSSR count). The van der Waals surface area contributed by atoms with Gasteiger partial charge in [-0.2, -0.15) is 0 Å². The second kappa shape index (κ2) is 8.01. The summed E-state index contributed by atoms with van der Waals surface area (Å²) in [6.07, 6.45) is 3.12. The molecule has 1 aliphatic heterocycles. The number of rotatable bonds is 6. The summed E-state index contributed by atoms with van der Waals surface area (Å²) in [6.45, 7) is 0.368. The Kier molecular flexibility index (Phi) is 5.11. The van der Waals surface area contributed by atoms with Crippen LogP contribution in [-0.2, 0) is 11.3 Å². The van der Waals surface area contributed by atoms with Crippen molar-refractivity contribution in [3.05, 3.63) is 76.0 Å². The lowest BCUT2D eigenvalue weighted by Crippen LogP contribution is -2.34. The SMILES string of the molecule is O=C(NCc1ccco1)/C(=C\c1ccc2c(c1)OCO2)NC(=O)c1cccs1. The van der Waals surface area contributed by atoms with Crippen molar-refractivity contribution in [1.82, 2.24) is 10.6 Å². The Labute approximate surface area is 164 Å². The monoisotopic (exact) mass is 396 g/mol. The Morgan fingerprint density at radius 2 is 2.00 bits per heavy atom. The second-order valence-corrected chi connectivity index (χ2v) is 6.81. The van der Waals surface area contributed by atoms with Gasteiger partial charge in [-0.15, -0.1) is 11.3 Å². The van der Waals surface area contributed by atoms with Crippen molar-refractivity contribution in [3.8, 4) is 11.5 Å². The van der Waals surface area contributed by atoms with Gasteiger partial charge in [0.05, 0.1) is 17.7 Å². The molecule has 0 bridgehead atoms. The van der Waals surface area contributed by atoms with Gasteiger partial charge in [-0.3, -0.25) is 9.59 Å². The fraction of sp³-hybridized carbons (Fsp3) is 0.100. The molecule has 0 radical (unpaired) electrons. The number of thiophene rings is 1. The van der Waals surface area contributed by atoms with Crippen LogP contribution in [0, 0.1) is 0 Å². The molecule has 1 aliphatic rings. The highest BCUT2D eigenvalue weighted by molar-refractivity contribution is 7.12. The Hall–Kier alpha value is -3.52. The van der Waals surface area contributed by atoms with Crippen molar-refractivity contribution in [3.63, 3.8) is 0 Å². The summed E-state index contributed by atoms with van der Waals surface area (Å²) in [7, 11) is 0. The Morgan fingerprint density at radius 3 is 2.79 bits per heavy atom. The predicted octanol–water partition coefficient (Wildman–Crippen LogP) is 3.16. The fourth-order valence-corrected chi connectivity index (χ4v) is 3.21. The lowest BCUT2D eigenvalue weighted by atomic mass is 10.1. The minimum absolute atomic E-state index is 0.115. The average molecular weight is 396 g/mol. The van der Waals surface area contributed by atoms with E-state index in [1.165, 1.54) is 17.6 Å². The quantitative estimate of drug-likeness (QED) is 0.625. The van der Waals surface area contributed by atoms with Crippen molar-refractivity contribution in [2.75, 3.05) is 6.79 Å². The maximum atomic E-state index is 12.7. The third-order valence-electron chi connectivity index (χ3n) is 3.95. The largest absolute Gasteiger partial charge is 0.467 e. The number of carbonyl (C=O) groups excluding carboxylic acids is 2. The molecule has 7 nitrogen and oxygen atoms in total. The van der Waals surface area contributed by atoms with E-state index in [0.717, 1.165) is 0 Å². The van der Waals surface area contributed by atoms with Crippen LogP contribution in [0.5, 0.6) is 11.5 Å². The average Bonchev–Trinajstić information content (AvgIpc) is 3.47. The number of furan rings is 1. The molecular weight excluding hydrogens is 380 g/mol. The minimum Gasteiger partial charge on any atom is -0.467 e. The molecule has 0 aliphatic carbocycles. The molecule has 2 aromatic heterocycles. The number of nitrogens with one attached hydrogen (secondary N) is 2. The standard InChI is InChI=1S/C20H16N2O5S/c23-19(21-11-14-3-1-7-25-14)15(22-20(24)18-4-2-8-28-18)9-13-5-6-16-17(10-13)27-12-26-16/h1-10H,11-12H2,(H,21,23)(H,22,24)/b15-9+. The molecule has 28 heavy (non-hydrogen) atoms. The lowest BCUT2D eigenvalue weighted by Gasteiger charge is -2.10. The van der Waals surface area contributed by atoms with E-state index in [1.807, 2.05) is 0 Å². The molecule has 0 saturated heterocycles. The van der Waals surface area contributed by atoms with E-state index in [1.54, 1.807) is 53.9 Å². The summed E-state index contributed by atoms with van der Waals surface area (Å²) < 4.78 is 15.9. The van der Waals surface area contributed by atoms with E-state index in [2.05, 4.69) is 10.6 Å². The lowest BCUT2D eigenvalue weighted by molar-refractivity contribution is -0.118. The Bertz CT molecular complexity index is 1010. The zero-order valence-electron chi connectivity index (χ0n) is 14.6. The molecular formula is C20H16N2O5S. The van der Waals surface area contributed by atoms with Gasteiger partial charge in [-0.25, -0.2) is 0 Å². The van der Waals surface area contributed by atoms with Crippen LogP contribution in [0.3, 0.4) is 0 Å². The number of carbonyl (C=O) groups is 2. The van der Waals surface area contributed by atoms with Gasteiger partial charge in [-0.1, -0.05) is 12.1 Å². The van der Waals surface area contributed by atoms with Crippen LogP contribution in [0.25, 0.3) is 6.08 Å². The molecule has 0 spiro atoms. The third kappa shape index (κ3) is 4.07. The maximum Gasteiger partial charge on any atom is 0.268 e. The third-order valence-corrected chi connectivity index (χ3v) is 4.82. The molecule has 8 heteroatoms. The molecule has 0 fully saturated rings. The van der Waals surface area contributed by atoms with E-state index in [9.17, 15) is 9.59 Å². The normalized spacial score (nSPS) is 12.6. The van der Waals surface area contributed by atoms with E-state index < -0.39 is 5.91 Å². The Morgan fingerprint density at radius 1 is 1.11 bits per heavy atom. The first-order chi connectivity index (χ1) is 13.7. The fourth-order valence-electron chi connectivity index (χ4n) is 2.60. The first kappa shape index (κ1) is 17.9. The molecule has 1 aromatic carbocycles. The van der Waals surface area contributed by atoms with Crippen LogP contribution in [-0.4, -0.2) is 18.6 Å². The number of hydrogen-bond donors (Lipinski definition) is 2. The van der Waals surface area contributed by atoms with Crippen LogP contribution in [0.15, 0.2) is 64.2 Å². The highest BCUT2D eigenvalue weighted by atomic mass is 32.1. The number of ether oxygens (including phenoxy) is 2. The van der Waals surface area contributed by atoms with Crippen molar-refractivity contribution in [2.24, 2.45) is 0 Å². The molecule has 3 aromatic rings. The van der Waals surface area contributed by atoms with Gasteiger partial charge in [0, 0.05) is 0 Å². The minimum atomic E-state index is -0.432. The summed E-state index contributed by atoms with van der Waals surface area (Å²) in [4.78, 5) is 25.6. The van der Waals surface area contributed by atoms with Gasteiger partial charge in [0.2, 0.25) is 6.79 Å². The molecule has 2 amide bonds. The summed E-state index contributed by atoms with van der Waals surface area (Å²) in [5, 5.41) is 7.22. The predicted molar refractivity (Wildman–Crippen MR) is 103 cm³/mol.